The molecule has 7 heteroatoms. The molecule has 0 aliphatic rings. The summed E-state index contributed by atoms with van der Waals surface area (Å²) in [6, 6.07) is 0.117. The van der Waals surface area contributed by atoms with Gasteiger partial charge in [0.15, 0.2) is 0 Å². The number of hydrogen-bond acceptors (Lipinski definition) is 4. The summed E-state index contributed by atoms with van der Waals surface area (Å²) in [5.74, 6) is 0. The molecule has 0 saturated carbocycles. The van der Waals surface area contributed by atoms with Gasteiger partial charge in [0.05, 0.1) is 6.04 Å². The Morgan fingerprint density at radius 3 is 2.78 bits per heavy atom. The molecule has 18 heavy (non-hydrogen) atoms. The molecule has 0 aliphatic carbocycles. The molecule has 0 spiro atoms. The first-order valence-electron chi connectivity index (χ1n) is 5.68. The largest absolute Gasteiger partial charge is 0.411 e. The Balaban J connectivity index is 2.08. The molecule has 3 nitrogen and oxygen atoms in total. The fourth-order valence-electron chi connectivity index (χ4n) is 1.34. The van der Waals surface area contributed by atoms with E-state index in [1.54, 1.807) is 11.3 Å². The Kier molecular flexibility index (Phi) is 6.04. The molecule has 0 saturated heterocycles. The van der Waals surface area contributed by atoms with Crippen LogP contribution in [0.1, 0.15) is 29.3 Å². The first kappa shape index (κ1) is 15.4. The van der Waals surface area contributed by atoms with E-state index in [2.05, 4.69) is 15.0 Å². The third kappa shape index (κ3) is 6.32. The minimum absolute atomic E-state index is 0.107. The molecule has 0 aromatic carbocycles. The van der Waals surface area contributed by atoms with Gasteiger partial charge in [-0.05, 0) is 26.8 Å². The molecule has 1 atom stereocenters. The van der Waals surface area contributed by atoms with Crippen LogP contribution < -0.4 is 5.32 Å². The van der Waals surface area contributed by atoms with Crippen molar-refractivity contribution in [3.8, 4) is 0 Å². The second kappa shape index (κ2) is 7.06. The summed E-state index contributed by atoms with van der Waals surface area (Å²) >= 11 is 1.61. The van der Waals surface area contributed by atoms with E-state index in [1.165, 1.54) is 0 Å². The molecule has 1 heterocycles. The van der Waals surface area contributed by atoms with E-state index in [-0.39, 0.29) is 12.6 Å². The number of hydrogen-bond donors (Lipinski definition) is 1. The average molecular weight is 282 g/mol. The van der Waals surface area contributed by atoms with Gasteiger partial charge in [0.1, 0.15) is 11.6 Å². The number of halogens is 3. The zero-order valence-corrected chi connectivity index (χ0v) is 11.2. The van der Waals surface area contributed by atoms with Crippen molar-refractivity contribution < 1.29 is 17.9 Å². The molecule has 0 amide bonds. The Morgan fingerprint density at radius 2 is 2.22 bits per heavy atom. The minimum Gasteiger partial charge on any atom is -0.372 e. The second-order valence-electron chi connectivity index (χ2n) is 4.01. The first-order chi connectivity index (χ1) is 8.38. The zero-order chi connectivity index (χ0) is 13.6. The maximum Gasteiger partial charge on any atom is 0.411 e. The fourth-order valence-corrected chi connectivity index (χ4v) is 2.14. The van der Waals surface area contributed by atoms with E-state index in [9.17, 15) is 13.2 Å². The summed E-state index contributed by atoms with van der Waals surface area (Å²) in [6.07, 6.45) is -1.88. The lowest BCUT2D eigenvalue weighted by molar-refractivity contribution is -0.173. The van der Waals surface area contributed by atoms with Gasteiger partial charge in [-0.1, -0.05) is 0 Å². The quantitative estimate of drug-likeness (QED) is 0.780. The number of rotatable bonds is 7. The molecule has 1 N–H and O–H groups in total. The van der Waals surface area contributed by atoms with Gasteiger partial charge in [-0.15, -0.1) is 11.3 Å². The summed E-state index contributed by atoms with van der Waals surface area (Å²) in [6.45, 7) is 3.51. The standard InChI is InChI=1S/C11H17F3N2OS/c1-8-6-16-10(18-8)9(2)15-4-3-5-17-7-11(12,13)14/h6,9,15H,3-5,7H2,1-2H3. The van der Waals surface area contributed by atoms with Crippen molar-refractivity contribution in [2.75, 3.05) is 19.8 Å². The number of thiazole rings is 1. The molecule has 0 fully saturated rings. The zero-order valence-electron chi connectivity index (χ0n) is 10.4. The highest BCUT2D eigenvalue weighted by Crippen LogP contribution is 2.18. The topological polar surface area (TPSA) is 34.2 Å². The number of alkyl halides is 3. The van der Waals surface area contributed by atoms with Gasteiger partial charge in [0, 0.05) is 17.7 Å². The van der Waals surface area contributed by atoms with Gasteiger partial charge in [0.2, 0.25) is 0 Å². The number of nitrogens with zero attached hydrogens (tertiary/aromatic N) is 1. The molecule has 0 bridgehead atoms. The van der Waals surface area contributed by atoms with Gasteiger partial charge >= 0.3 is 6.18 Å². The molecule has 1 aromatic heterocycles. The van der Waals surface area contributed by atoms with Gasteiger partial charge in [-0.2, -0.15) is 13.2 Å². The van der Waals surface area contributed by atoms with Crippen LogP contribution in [0.4, 0.5) is 13.2 Å². The highest BCUT2D eigenvalue weighted by atomic mass is 32.1. The van der Waals surface area contributed by atoms with Crippen molar-refractivity contribution in [2.24, 2.45) is 0 Å². The van der Waals surface area contributed by atoms with Crippen LogP contribution in [0.25, 0.3) is 0 Å². The van der Waals surface area contributed by atoms with Crippen LogP contribution in [0.3, 0.4) is 0 Å². The van der Waals surface area contributed by atoms with Gasteiger partial charge in [0.25, 0.3) is 0 Å². The van der Waals surface area contributed by atoms with Crippen LogP contribution in [0, 0.1) is 6.92 Å². The first-order valence-corrected chi connectivity index (χ1v) is 6.50. The molecule has 1 rings (SSSR count). The molecule has 104 valence electrons. The Hall–Kier alpha value is -0.660. The van der Waals surface area contributed by atoms with E-state index < -0.39 is 12.8 Å². The molecule has 0 radical (unpaired) electrons. The van der Waals surface area contributed by atoms with Crippen LogP contribution in [0.5, 0.6) is 0 Å². The number of aromatic nitrogens is 1. The normalized spacial score (nSPS) is 13.8. The molecule has 1 aromatic rings. The maximum absolute atomic E-state index is 11.8. The summed E-state index contributed by atoms with van der Waals surface area (Å²) in [5, 5.41) is 4.19. The van der Waals surface area contributed by atoms with Crippen LogP contribution in [0.15, 0.2) is 6.20 Å². The van der Waals surface area contributed by atoms with E-state index in [1.807, 2.05) is 20.0 Å². The van der Waals surface area contributed by atoms with E-state index in [0.29, 0.717) is 13.0 Å². The Bertz CT molecular complexity index is 354. The average Bonchev–Trinajstić information content (AvgIpc) is 2.68. The number of nitrogens with one attached hydrogen (secondary N) is 1. The lowest BCUT2D eigenvalue weighted by Gasteiger charge is -2.11. The van der Waals surface area contributed by atoms with Crippen molar-refractivity contribution >= 4 is 11.3 Å². The lowest BCUT2D eigenvalue weighted by atomic mass is 10.3. The molecule has 0 aliphatic heterocycles. The fraction of sp³-hybridized carbons (Fsp3) is 0.727. The number of aryl methyl sites for hydroxylation is 1. The van der Waals surface area contributed by atoms with Crippen LogP contribution in [0.2, 0.25) is 0 Å². The summed E-state index contributed by atoms with van der Waals surface area (Å²) < 4.78 is 39.8. The van der Waals surface area contributed by atoms with Crippen molar-refractivity contribution in [2.45, 2.75) is 32.5 Å². The van der Waals surface area contributed by atoms with Gasteiger partial charge in [-0.3, -0.25) is 0 Å². The van der Waals surface area contributed by atoms with Crippen molar-refractivity contribution in [3.63, 3.8) is 0 Å². The lowest BCUT2D eigenvalue weighted by Crippen LogP contribution is -2.22. The second-order valence-corrected chi connectivity index (χ2v) is 5.27. The van der Waals surface area contributed by atoms with Crippen LogP contribution >= 0.6 is 11.3 Å². The highest BCUT2D eigenvalue weighted by Gasteiger charge is 2.27. The summed E-state index contributed by atoms with van der Waals surface area (Å²) in [7, 11) is 0. The smallest absolute Gasteiger partial charge is 0.372 e. The van der Waals surface area contributed by atoms with Crippen molar-refractivity contribution in [1.82, 2.24) is 10.3 Å². The van der Waals surface area contributed by atoms with Crippen LogP contribution in [-0.2, 0) is 4.74 Å². The van der Waals surface area contributed by atoms with Crippen molar-refractivity contribution in [3.05, 3.63) is 16.1 Å². The maximum atomic E-state index is 11.8. The Morgan fingerprint density at radius 1 is 1.50 bits per heavy atom. The Labute approximate surface area is 108 Å². The van der Waals surface area contributed by atoms with Crippen LogP contribution in [-0.4, -0.2) is 30.9 Å². The minimum atomic E-state index is -4.24. The van der Waals surface area contributed by atoms with E-state index in [0.717, 1.165) is 9.88 Å². The summed E-state index contributed by atoms with van der Waals surface area (Å²) in [4.78, 5) is 5.38. The molecular weight excluding hydrogens is 265 g/mol. The molecular formula is C11H17F3N2OS. The van der Waals surface area contributed by atoms with Gasteiger partial charge in [-0.25, -0.2) is 4.98 Å². The predicted octanol–water partition coefficient (Wildman–Crippen LogP) is 3.07. The van der Waals surface area contributed by atoms with E-state index in [4.69, 9.17) is 0 Å². The third-order valence-electron chi connectivity index (χ3n) is 2.19. The molecule has 1 unspecified atom stereocenters. The van der Waals surface area contributed by atoms with Crippen molar-refractivity contribution in [1.29, 1.82) is 0 Å². The number of ether oxygens (including phenoxy) is 1. The van der Waals surface area contributed by atoms with Gasteiger partial charge < -0.3 is 10.1 Å². The monoisotopic (exact) mass is 282 g/mol. The SMILES string of the molecule is Cc1cnc(C(C)NCCCOCC(F)(F)F)s1. The highest BCUT2D eigenvalue weighted by molar-refractivity contribution is 7.11. The summed E-state index contributed by atoms with van der Waals surface area (Å²) in [5.41, 5.74) is 0. The van der Waals surface area contributed by atoms with E-state index >= 15 is 0 Å². The third-order valence-corrected chi connectivity index (χ3v) is 3.29. The predicted molar refractivity (Wildman–Crippen MR) is 64.8 cm³/mol.